The molecule has 0 N–H and O–H groups in total. The van der Waals surface area contributed by atoms with Gasteiger partial charge in [-0.2, -0.15) is 0 Å². The van der Waals surface area contributed by atoms with Crippen molar-refractivity contribution in [3.8, 4) is 0 Å². The summed E-state index contributed by atoms with van der Waals surface area (Å²) in [5.41, 5.74) is 0. The van der Waals surface area contributed by atoms with Crippen molar-refractivity contribution in [2.75, 3.05) is 0 Å². The van der Waals surface area contributed by atoms with E-state index in [1.165, 1.54) is 193 Å². The van der Waals surface area contributed by atoms with E-state index in [-0.39, 0.29) is 0 Å². The van der Waals surface area contributed by atoms with E-state index in [2.05, 4.69) is 36.0 Å². The summed E-state index contributed by atoms with van der Waals surface area (Å²) in [5, 5.41) is 0. The first kappa shape index (κ1) is 33.3. The van der Waals surface area contributed by atoms with Gasteiger partial charge in [-0.15, -0.1) is 0 Å². The molecular formula is C35H67N. The predicted molar refractivity (Wildman–Crippen MR) is 164 cm³/mol. The van der Waals surface area contributed by atoms with Crippen LogP contribution in [-0.4, -0.2) is 4.57 Å². The number of hydrogen-bond donors (Lipinski definition) is 0. The van der Waals surface area contributed by atoms with Crippen LogP contribution in [0.3, 0.4) is 0 Å². The molecule has 1 rings (SSSR count). The molecule has 0 atom stereocenters. The molecule has 0 unspecified atom stereocenters. The highest BCUT2D eigenvalue weighted by molar-refractivity contribution is 4.89. The summed E-state index contributed by atoms with van der Waals surface area (Å²) in [4.78, 5) is 0. The Morgan fingerprint density at radius 3 is 0.778 bits per heavy atom. The van der Waals surface area contributed by atoms with Crippen LogP contribution in [0.2, 0.25) is 0 Å². The fourth-order valence-electron chi connectivity index (χ4n) is 5.66. The maximum absolute atomic E-state index is 2.31. The summed E-state index contributed by atoms with van der Waals surface area (Å²) in [6.45, 7) is 3.51. The van der Waals surface area contributed by atoms with Crippen LogP contribution in [0.4, 0.5) is 0 Å². The minimum Gasteiger partial charge on any atom is -0.354 e. The average Bonchev–Trinajstić information content (AvgIpc) is 3.41. The quantitative estimate of drug-likeness (QED) is 0.0923. The van der Waals surface area contributed by atoms with Crippen molar-refractivity contribution in [1.29, 1.82) is 0 Å². The first-order chi connectivity index (χ1) is 17.9. The van der Waals surface area contributed by atoms with E-state index in [0.717, 1.165) is 0 Å². The standard InChI is InChI=1S/C35H67N/c1-2-3-4-5-6-7-8-9-10-11-12-13-14-15-16-17-18-19-20-21-22-23-24-25-26-27-28-29-30-33-36-34-31-32-35-36/h31-32,34-35H,2-30,33H2,1H3. The first-order valence-electron chi connectivity index (χ1n) is 17.0. The van der Waals surface area contributed by atoms with Crippen molar-refractivity contribution >= 4 is 0 Å². The number of unbranched alkanes of at least 4 members (excludes halogenated alkanes) is 28. The second-order valence-electron chi connectivity index (χ2n) is 11.8. The van der Waals surface area contributed by atoms with Crippen LogP contribution >= 0.6 is 0 Å². The fraction of sp³-hybridized carbons (Fsp3) is 0.886. The van der Waals surface area contributed by atoms with Gasteiger partial charge in [0.15, 0.2) is 0 Å². The summed E-state index contributed by atoms with van der Waals surface area (Å²) in [5.74, 6) is 0. The molecule has 0 bridgehead atoms. The topological polar surface area (TPSA) is 4.93 Å². The van der Waals surface area contributed by atoms with Crippen molar-refractivity contribution < 1.29 is 0 Å². The third-order valence-electron chi connectivity index (χ3n) is 8.19. The van der Waals surface area contributed by atoms with Gasteiger partial charge in [-0.1, -0.05) is 187 Å². The van der Waals surface area contributed by atoms with Crippen LogP contribution in [0.25, 0.3) is 0 Å². The molecule has 0 saturated carbocycles. The zero-order valence-electron chi connectivity index (χ0n) is 25.0. The number of aryl methyl sites for hydroxylation is 1. The van der Waals surface area contributed by atoms with Gasteiger partial charge in [0, 0.05) is 18.9 Å². The summed E-state index contributed by atoms with van der Waals surface area (Å²) in [6.07, 6.45) is 46.9. The molecule has 212 valence electrons. The van der Waals surface area contributed by atoms with E-state index < -0.39 is 0 Å². The maximum atomic E-state index is 2.31. The minimum atomic E-state index is 1.20. The predicted octanol–water partition coefficient (Wildman–Crippen LogP) is 12.8. The van der Waals surface area contributed by atoms with Crippen molar-refractivity contribution in [3.63, 3.8) is 0 Å². The normalized spacial score (nSPS) is 11.5. The van der Waals surface area contributed by atoms with Crippen molar-refractivity contribution in [1.82, 2.24) is 4.57 Å². The number of hydrogen-bond acceptors (Lipinski definition) is 0. The highest BCUT2D eigenvalue weighted by Crippen LogP contribution is 2.16. The molecule has 1 aromatic rings. The summed E-state index contributed by atoms with van der Waals surface area (Å²) < 4.78 is 2.31. The largest absolute Gasteiger partial charge is 0.354 e. The van der Waals surface area contributed by atoms with Crippen molar-refractivity contribution in [2.24, 2.45) is 0 Å². The lowest BCUT2D eigenvalue weighted by Gasteiger charge is -2.05. The van der Waals surface area contributed by atoms with Crippen LogP contribution in [-0.2, 0) is 6.54 Å². The molecule has 0 aliphatic rings. The van der Waals surface area contributed by atoms with Gasteiger partial charge in [-0.25, -0.2) is 0 Å². The zero-order valence-corrected chi connectivity index (χ0v) is 25.0. The minimum absolute atomic E-state index is 1.20. The van der Waals surface area contributed by atoms with Gasteiger partial charge in [0.05, 0.1) is 0 Å². The van der Waals surface area contributed by atoms with Crippen LogP contribution in [0.5, 0.6) is 0 Å². The van der Waals surface area contributed by atoms with Crippen LogP contribution in [0.1, 0.15) is 193 Å². The van der Waals surface area contributed by atoms with Crippen molar-refractivity contribution in [2.45, 2.75) is 200 Å². The van der Waals surface area contributed by atoms with E-state index in [1.54, 1.807) is 0 Å². The molecule has 1 heteroatoms. The molecule has 0 radical (unpaired) electrons. The summed E-state index contributed by atoms with van der Waals surface area (Å²) in [6, 6.07) is 4.25. The smallest absolute Gasteiger partial charge is 0.0219 e. The lowest BCUT2D eigenvalue weighted by atomic mass is 10.0. The number of nitrogens with zero attached hydrogens (tertiary/aromatic N) is 1. The summed E-state index contributed by atoms with van der Waals surface area (Å²) >= 11 is 0. The monoisotopic (exact) mass is 502 g/mol. The molecule has 0 aliphatic carbocycles. The molecule has 1 nitrogen and oxygen atoms in total. The third kappa shape index (κ3) is 25.0. The zero-order chi connectivity index (χ0) is 25.6. The Bertz CT molecular complexity index is 491. The Hall–Kier alpha value is -0.720. The van der Waals surface area contributed by atoms with E-state index in [1.807, 2.05) is 0 Å². The van der Waals surface area contributed by atoms with Gasteiger partial charge in [0.25, 0.3) is 0 Å². The average molecular weight is 502 g/mol. The van der Waals surface area contributed by atoms with Crippen LogP contribution in [0, 0.1) is 0 Å². The highest BCUT2D eigenvalue weighted by atomic mass is 14.9. The van der Waals surface area contributed by atoms with E-state index in [0.29, 0.717) is 0 Å². The van der Waals surface area contributed by atoms with Crippen LogP contribution < -0.4 is 0 Å². The molecule has 0 amide bonds. The summed E-state index contributed by atoms with van der Waals surface area (Å²) in [7, 11) is 0. The van der Waals surface area contributed by atoms with E-state index in [9.17, 15) is 0 Å². The Balaban J connectivity index is 1.61. The Kier molecular flexibility index (Phi) is 26.7. The number of rotatable bonds is 30. The molecule has 1 aromatic heterocycles. The fourth-order valence-corrected chi connectivity index (χ4v) is 5.66. The second kappa shape index (κ2) is 28.8. The van der Waals surface area contributed by atoms with E-state index in [4.69, 9.17) is 0 Å². The van der Waals surface area contributed by atoms with E-state index >= 15 is 0 Å². The number of aromatic nitrogens is 1. The second-order valence-corrected chi connectivity index (χ2v) is 11.8. The maximum Gasteiger partial charge on any atom is 0.0219 e. The lowest BCUT2D eigenvalue weighted by molar-refractivity contribution is 0.511. The molecule has 0 saturated heterocycles. The van der Waals surface area contributed by atoms with Gasteiger partial charge in [-0.3, -0.25) is 0 Å². The van der Waals surface area contributed by atoms with Crippen LogP contribution in [0.15, 0.2) is 24.5 Å². The SMILES string of the molecule is CCCCCCCCCCCCCCCCCCCCCCCCCCCCCCCn1cccc1. The molecule has 0 aliphatic heterocycles. The molecule has 0 aromatic carbocycles. The molecular weight excluding hydrogens is 434 g/mol. The van der Waals surface area contributed by atoms with Gasteiger partial charge in [0.1, 0.15) is 0 Å². The Morgan fingerprint density at radius 2 is 0.528 bits per heavy atom. The lowest BCUT2D eigenvalue weighted by Crippen LogP contribution is -1.93. The van der Waals surface area contributed by atoms with Gasteiger partial charge in [-0.05, 0) is 18.6 Å². The first-order valence-corrected chi connectivity index (χ1v) is 17.0. The molecule has 36 heavy (non-hydrogen) atoms. The molecule has 0 spiro atoms. The van der Waals surface area contributed by atoms with Gasteiger partial charge >= 0.3 is 0 Å². The highest BCUT2D eigenvalue weighted by Gasteiger charge is 1.97. The Morgan fingerprint density at radius 1 is 0.306 bits per heavy atom. The van der Waals surface area contributed by atoms with Gasteiger partial charge in [0.2, 0.25) is 0 Å². The van der Waals surface area contributed by atoms with Gasteiger partial charge < -0.3 is 4.57 Å². The Labute approximate surface area is 228 Å². The third-order valence-corrected chi connectivity index (χ3v) is 8.19. The molecule has 1 heterocycles. The molecule has 0 fully saturated rings. The van der Waals surface area contributed by atoms with Crippen molar-refractivity contribution in [3.05, 3.63) is 24.5 Å².